The van der Waals surface area contributed by atoms with Gasteiger partial charge in [-0.3, -0.25) is 14.5 Å². The first kappa shape index (κ1) is 41.2. The molecule has 12 heteroatoms. The van der Waals surface area contributed by atoms with Crippen LogP contribution < -0.4 is 10.4 Å². The van der Waals surface area contributed by atoms with Gasteiger partial charge < -0.3 is 19.4 Å². The van der Waals surface area contributed by atoms with Gasteiger partial charge in [0.05, 0.1) is 24.9 Å². The van der Waals surface area contributed by atoms with Crippen LogP contribution in [-0.4, -0.2) is 76.4 Å². The third kappa shape index (κ3) is 8.18. The highest BCUT2D eigenvalue weighted by Crippen LogP contribution is 2.49. The lowest BCUT2D eigenvalue weighted by molar-refractivity contribution is -0.146. The van der Waals surface area contributed by atoms with Gasteiger partial charge in [-0.1, -0.05) is 135 Å². The van der Waals surface area contributed by atoms with Gasteiger partial charge in [-0.25, -0.2) is 9.59 Å². The molecule has 0 saturated carbocycles. The van der Waals surface area contributed by atoms with Crippen molar-refractivity contribution in [1.82, 2.24) is 14.7 Å². The molecule has 53 heavy (non-hydrogen) atoms. The van der Waals surface area contributed by atoms with Crippen LogP contribution in [0.1, 0.15) is 103 Å². The first-order valence-electron chi connectivity index (χ1n) is 18.1. The predicted molar refractivity (Wildman–Crippen MR) is 206 cm³/mol. The Hall–Kier alpha value is -4.55. The van der Waals surface area contributed by atoms with Gasteiger partial charge in [-0.2, -0.15) is 9.78 Å². The second-order valence-electron chi connectivity index (χ2n) is 17.0. The first-order chi connectivity index (χ1) is 24.6. The van der Waals surface area contributed by atoms with Crippen molar-refractivity contribution >= 4 is 42.6 Å². The van der Waals surface area contributed by atoms with Crippen LogP contribution in [0.4, 0.5) is 9.59 Å². The zero-order valence-electron chi connectivity index (χ0n) is 32.7. The molecule has 3 unspecified atom stereocenters. The standard InChI is InChI=1S/C41H55N3O8Si/c1-12-51-36(46)29(23-26(2)25-52-53(41(9,10)11,27-19-15-13-16-20-27)28-21-17-14-18-22-28)34(45)33-32-30(42-44(33)38(49)50)24-31(39(3,4)5)43(37(47)48)35(32)40(6,7)8/h13-22,29,31,35H,2,12,23-25H2,1,3-11H3,(H,47,48)(H,49,50). The van der Waals surface area contributed by atoms with Crippen molar-refractivity contribution in [2.45, 2.75) is 99.2 Å². The lowest BCUT2D eigenvalue weighted by Gasteiger charge is -2.50. The fourth-order valence-corrected chi connectivity index (χ4v) is 12.3. The minimum absolute atomic E-state index is 0.0113. The van der Waals surface area contributed by atoms with Crippen molar-refractivity contribution in [3.8, 4) is 0 Å². The molecule has 3 atom stereocenters. The Balaban J connectivity index is 1.82. The van der Waals surface area contributed by atoms with Gasteiger partial charge in [0.1, 0.15) is 11.6 Å². The lowest BCUT2D eigenvalue weighted by Crippen LogP contribution is -2.66. The molecular weight excluding hydrogens is 691 g/mol. The van der Waals surface area contributed by atoms with E-state index < -0.39 is 61.1 Å². The van der Waals surface area contributed by atoms with E-state index >= 15 is 0 Å². The summed E-state index contributed by atoms with van der Waals surface area (Å²) in [4.78, 5) is 55.6. The van der Waals surface area contributed by atoms with E-state index in [1.165, 1.54) is 4.90 Å². The molecule has 286 valence electrons. The molecule has 0 radical (unpaired) electrons. The Kier molecular flexibility index (Phi) is 12.0. The fraction of sp³-hybridized carbons (Fsp3) is 0.488. The quantitative estimate of drug-likeness (QED) is 0.0677. The molecule has 0 aliphatic carbocycles. The summed E-state index contributed by atoms with van der Waals surface area (Å²) in [5.74, 6) is -3.18. The topological polar surface area (TPSA) is 148 Å². The predicted octanol–water partition coefficient (Wildman–Crippen LogP) is 7.33. The average Bonchev–Trinajstić information content (AvgIpc) is 3.45. The summed E-state index contributed by atoms with van der Waals surface area (Å²) in [7, 11) is -3.01. The Morgan fingerprint density at radius 1 is 0.868 bits per heavy atom. The number of aromatic nitrogens is 2. The van der Waals surface area contributed by atoms with E-state index in [0.29, 0.717) is 15.9 Å². The van der Waals surface area contributed by atoms with Crippen LogP contribution in [-0.2, 0) is 20.4 Å². The van der Waals surface area contributed by atoms with E-state index in [9.17, 15) is 29.4 Å². The molecule has 0 spiro atoms. The number of ether oxygens (including phenoxy) is 1. The number of benzene rings is 2. The van der Waals surface area contributed by atoms with Gasteiger partial charge in [0, 0.05) is 18.0 Å². The summed E-state index contributed by atoms with van der Waals surface area (Å²) in [6.07, 6.45) is -2.83. The summed E-state index contributed by atoms with van der Waals surface area (Å²) >= 11 is 0. The normalized spacial score (nSPS) is 17.1. The Morgan fingerprint density at radius 3 is 1.81 bits per heavy atom. The number of esters is 1. The van der Waals surface area contributed by atoms with E-state index in [1.807, 2.05) is 77.9 Å². The number of hydrogen-bond donors (Lipinski definition) is 2. The highest BCUT2D eigenvalue weighted by atomic mass is 28.4. The van der Waals surface area contributed by atoms with Crippen molar-refractivity contribution in [1.29, 1.82) is 0 Å². The maximum Gasteiger partial charge on any atom is 0.432 e. The number of rotatable bonds is 11. The van der Waals surface area contributed by atoms with Gasteiger partial charge in [0.25, 0.3) is 8.32 Å². The average molecular weight is 746 g/mol. The third-order valence-corrected chi connectivity index (χ3v) is 15.0. The van der Waals surface area contributed by atoms with Gasteiger partial charge in [-0.15, -0.1) is 0 Å². The molecule has 4 rings (SSSR count). The molecule has 11 nitrogen and oxygen atoms in total. The second kappa shape index (κ2) is 15.4. The third-order valence-electron chi connectivity index (χ3n) is 10.0. The minimum atomic E-state index is -3.01. The van der Waals surface area contributed by atoms with Crippen LogP contribution >= 0.6 is 0 Å². The maximum atomic E-state index is 14.8. The van der Waals surface area contributed by atoms with E-state index in [0.717, 1.165) is 10.4 Å². The highest BCUT2D eigenvalue weighted by Gasteiger charge is 2.53. The van der Waals surface area contributed by atoms with Gasteiger partial charge in [0.2, 0.25) is 0 Å². The van der Waals surface area contributed by atoms with Crippen molar-refractivity contribution < 1.29 is 38.6 Å². The van der Waals surface area contributed by atoms with E-state index in [2.05, 4.69) is 56.7 Å². The highest BCUT2D eigenvalue weighted by molar-refractivity contribution is 6.99. The number of amides is 1. The molecule has 3 aromatic rings. The minimum Gasteiger partial charge on any atom is -0.465 e. The van der Waals surface area contributed by atoms with Crippen molar-refractivity contribution in [2.24, 2.45) is 16.7 Å². The number of Topliss-reactive ketones (excluding diaryl/α,β-unsaturated/α-hetero) is 1. The lowest BCUT2D eigenvalue weighted by atomic mass is 9.71. The van der Waals surface area contributed by atoms with Crippen molar-refractivity contribution in [3.05, 3.63) is 89.8 Å². The zero-order valence-corrected chi connectivity index (χ0v) is 33.7. The van der Waals surface area contributed by atoms with Gasteiger partial charge >= 0.3 is 18.2 Å². The Bertz CT molecular complexity index is 1790. The summed E-state index contributed by atoms with van der Waals surface area (Å²) in [5.41, 5.74) is -0.754. The number of carbonyl (C=O) groups excluding carboxylic acids is 2. The van der Waals surface area contributed by atoms with Gasteiger partial charge in [-0.05, 0) is 39.6 Å². The molecule has 0 saturated heterocycles. The number of carboxylic acid groups (broad SMARTS) is 2. The van der Waals surface area contributed by atoms with Crippen LogP contribution in [0.25, 0.3) is 0 Å². The molecule has 2 heterocycles. The van der Waals surface area contributed by atoms with Crippen molar-refractivity contribution in [3.63, 3.8) is 0 Å². The number of nitrogens with zero attached hydrogens (tertiary/aromatic N) is 3. The van der Waals surface area contributed by atoms with Crippen LogP contribution in [0.2, 0.25) is 5.04 Å². The molecule has 1 aromatic heterocycles. The molecule has 1 aliphatic heterocycles. The van der Waals surface area contributed by atoms with Gasteiger partial charge in [0.15, 0.2) is 5.78 Å². The number of fused-ring (bicyclic) bond motifs is 1. The largest absolute Gasteiger partial charge is 0.465 e. The second-order valence-corrected chi connectivity index (χ2v) is 21.3. The smallest absolute Gasteiger partial charge is 0.432 e. The summed E-state index contributed by atoms with van der Waals surface area (Å²) in [5, 5.41) is 27.2. The molecular formula is C41H55N3O8Si. The van der Waals surface area contributed by atoms with Crippen LogP contribution in [0, 0.1) is 16.7 Å². The van der Waals surface area contributed by atoms with Crippen LogP contribution in [0.3, 0.4) is 0 Å². The molecule has 1 amide bonds. The summed E-state index contributed by atoms with van der Waals surface area (Å²) < 4.78 is 13.0. The van der Waals surface area contributed by atoms with E-state index in [4.69, 9.17) is 9.16 Å². The number of hydrogen-bond acceptors (Lipinski definition) is 7. The maximum absolute atomic E-state index is 14.8. The van der Waals surface area contributed by atoms with E-state index in [-0.39, 0.29) is 42.4 Å². The first-order valence-corrected chi connectivity index (χ1v) is 20.0. The number of ketones is 1. The molecule has 1 aliphatic rings. The Labute approximate surface area is 314 Å². The van der Waals surface area contributed by atoms with Crippen molar-refractivity contribution in [2.75, 3.05) is 13.2 Å². The number of carbonyl (C=O) groups is 4. The zero-order chi connectivity index (χ0) is 39.7. The van der Waals surface area contributed by atoms with Crippen LogP contribution in [0.15, 0.2) is 72.8 Å². The Morgan fingerprint density at radius 2 is 1.40 bits per heavy atom. The molecule has 2 N–H and O–H groups in total. The monoisotopic (exact) mass is 745 g/mol. The van der Waals surface area contributed by atoms with E-state index in [1.54, 1.807) is 6.92 Å². The molecule has 0 fully saturated rings. The summed E-state index contributed by atoms with van der Waals surface area (Å²) in [6.45, 7) is 23.5. The SMILES string of the molecule is C=C(CO[Si](c1ccccc1)(c1ccccc1)C(C)(C)C)CC(C(=O)OCC)C(=O)c1c2c(nn1C(=O)O)CC(C(C)(C)C)N(C(=O)O)C2C(C)(C)C. The molecule has 2 aromatic carbocycles. The van der Waals surface area contributed by atoms with Crippen LogP contribution in [0.5, 0.6) is 0 Å². The fourth-order valence-electron chi connectivity index (χ4n) is 7.72. The molecule has 0 bridgehead atoms. The summed E-state index contributed by atoms with van der Waals surface area (Å²) in [6, 6.07) is 18.5.